The smallest absolute Gasteiger partial charge is 0.418 e. The van der Waals surface area contributed by atoms with Crippen molar-refractivity contribution in [2.24, 2.45) is 0 Å². The molecule has 0 saturated heterocycles. The number of hydrogen-bond donors (Lipinski definition) is 1. The second-order valence-electron chi connectivity index (χ2n) is 7.37. The average molecular weight is 507 g/mol. The Kier molecular flexibility index (Phi) is 6.99. The highest BCUT2D eigenvalue weighted by atomic mass is 35.5. The third-order valence-corrected chi connectivity index (χ3v) is 5.98. The lowest BCUT2D eigenvalue weighted by atomic mass is 10.1. The minimum atomic E-state index is -4.66. The zero-order valence-electron chi connectivity index (χ0n) is 17.8. The predicted molar refractivity (Wildman–Crippen MR) is 124 cm³/mol. The van der Waals surface area contributed by atoms with Crippen LogP contribution in [-0.4, -0.2) is 26.4 Å². The van der Waals surface area contributed by atoms with Crippen LogP contribution in [0.4, 0.5) is 18.9 Å². The molecule has 176 valence electrons. The van der Waals surface area contributed by atoms with Crippen molar-refractivity contribution in [1.29, 1.82) is 0 Å². The third-order valence-electron chi connectivity index (χ3n) is 4.78. The van der Waals surface area contributed by atoms with Gasteiger partial charge in [0.1, 0.15) is 5.76 Å². The van der Waals surface area contributed by atoms with Crippen molar-refractivity contribution in [3.8, 4) is 11.4 Å². The Morgan fingerprint density at radius 2 is 1.97 bits per heavy atom. The summed E-state index contributed by atoms with van der Waals surface area (Å²) >= 11 is 6.76. The van der Waals surface area contributed by atoms with E-state index in [1.807, 2.05) is 31.2 Å². The average Bonchev–Trinajstić information content (AvgIpc) is 3.43. The first-order valence-corrected chi connectivity index (χ1v) is 11.4. The number of anilines is 1. The minimum absolute atomic E-state index is 0.0746. The van der Waals surface area contributed by atoms with Crippen molar-refractivity contribution in [3.63, 3.8) is 0 Å². The van der Waals surface area contributed by atoms with Gasteiger partial charge in [-0.2, -0.15) is 13.2 Å². The van der Waals surface area contributed by atoms with Crippen LogP contribution in [0.1, 0.15) is 16.9 Å². The summed E-state index contributed by atoms with van der Waals surface area (Å²) in [5.41, 5.74) is 0.509. The van der Waals surface area contributed by atoms with E-state index in [1.54, 1.807) is 23.0 Å². The van der Waals surface area contributed by atoms with Crippen LogP contribution in [0, 0.1) is 6.92 Å². The summed E-state index contributed by atoms with van der Waals surface area (Å²) in [4.78, 5) is 12.5. The molecule has 6 nitrogen and oxygen atoms in total. The molecule has 4 rings (SSSR count). The summed E-state index contributed by atoms with van der Waals surface area (Å²) in [6.45, 7) is 2.28. The zero-order chi connectivity index (χ0) is 24.3. The molecule has 0 radical (unpaired) electrons. The number of amides is 1. The van der Waals surface area contributed by atoms with E-state index >= 15 is 0 Å². The maximum atomic E-state index is 13.3. The standard InChI is InChI=1S/C23H18ClF3N4O2S/c1-14-4-2-5-15(10-14)21-29-30-22(31(21)12-17-6-3-9-33-17)34-13-20(32)28-19-8-7-16(24)11-18(19)23(25,26)27/h2-11H,12-13H2,1H3,(H,28,32). The number of nitrogens with one attached hydrogen (secondary N) is 1. The van der Waals surface area contributed by atoms with Gasteiger partial charge in [0.15, 0.2) is 11.0 Å². The molecule has 0 aliphatic heterocycles. The van der Waals surface area contributed by atoms with Gasteiger partial charge in [-0.05, 0) is 43.3 Å². The highest BCUT2D eigenvalue weighted by Crippen LogP contribution is 2.36. The van der Waals surface area contributed by atoms with Gasteiger partial charge < -0.3 is 9.73 Å². The van der Waals surface area contributed by atoms with Gasteiger partial charge in [-0.1, -0.05) is 47.1 Å². The molecule has 11 heteroatoms. The number of aromatic nitrogens is 3. The van der Waals surface area contributed by atoms with Crippen LogP contribution in [0.25, 0.3) is 11.4 Å². The molecule has 0 unspecified atom stereocenters. The van der Waals surface area contributed by atoms with E-state index in [9.17, 15) is 18.0 Å². The Morgan fingerprint density at radius 3 is 2.68 bits per heavy atom. The number of hydrogen-bond acceptors (Lipinski definition) is 5. The van der Waals surface area contributed by atoms with Crippen LogP contribution in [0.5, 0.6) is 0 Å². The Labute approximate surface area is 202 Å². The number of benzene rings is 2. The summed E-state index contributed by atoms with van der Waals surface area (Å²) in [6.07, 6.45) is -3.11. The van der Waals surface area contributed by atoms with E-state index in [0.717, 1.165) is 35.0 Å². The molecular weight excluding hydrogens is 489 g/mol. The highest BCUT2D eigenvalue weighted by Gasteiger charge is 2.34. The first-order valence-electron chi connectivity index (χ1n) is 10.0. The fraction of sp³-hybridized carbons (Fsp3) is 0.174. The highest BCUT2D eigenvalue weighted by molar-refractivity contribution is 7.99. The van der Waals surface area contributed by atoms with Crippen LogP contribution >= 0.6 is 23.4 Å². The number of nitrogens with zero attached hydrogens (tertiary/aromatic N) is 3. The van der Waals surface area contributed by atoms with E-state index < -0.39 is 17.6 Å². The van der Waals surface area contributed by atoms with Crippen molar-refractivity contribution < 1.29 is 22.4 Å². The summed E-state index contributed by atoms with van der Waals surface area (Å²) in [5, 5.41) is 11.2. The van der Waals surface area contributed by atoms with Crippen molar-refractivity contribution in [3.05, 3.63) is 82.8 Å². The lowest BCUT2D eigenvalue weighted by Crippen LogP contribution is -2.18. The Hall–Kier alpha value is -3.24. The van der Waals surface area contributed by atoms with Gasteiger partial charge in [0.05, 0.1) is 29.8 Å². The van der Waals surface area contributed by atoms with Crippen LogP contribution in [0.2, 0.25) is 5.02 Å². The Morgan fingerprint density at radius 1 is 1.15 bits per heavy atom. The first-order chi connectivity index (χ1) is 16.2. The van der Waals surface area contributed by atoms with Gasteiger partial charge in [0.25, 0.3) is 0 Å². The Bertz CT molecular complexity index is 1310. The van der Waals surface area contributed by atoms with E-state index in [0.29, 0.717) is 23.3 Å². The molecule has 34 heavy (non-hydrogen) atoms. The lowest BCUT2D eigenvalue weighted by molar-refractivity contribution is -0.137. The number of halogens is 4. The molecule has 4 aromatic rings. The van der Waals surface area contributed by atoms with Crippen molar-refractivity contribution in [2.75, 3.05) is 11.1 Å². The fourth-order valence-electron chi connectivity index (χ4n) is 3.27. The van der Waals surface area contributed by atoms with Gasteiger partial charge in [0.2, 0.25) is 5.91 Å². The van der Waals surface area contributed by atoms with Crippen LogP contribution in [0.3, 0.4) is 0 Å². The summed E-state index contributed by atoms with van der Waals surface area (Å²) in [5.74, 6) is 0.447. The predicted octanol–water partition coefficient (Wildman–Crippen LogP) is 6.30. The number of furan rings is 1. The molecule has 2 heterocycles. The van der Waals surface area contributed by atoms with Crippen LogP contribution in [-0.2, 0) is 17.5 Å². The number of rotatable bonds is 7. The summed E-state index contributed by atoms with van der Waals surface area (Å²) < 4.78 is 47.2. The quantitative estimate of drug-likeness (QED) is 0.298. The zero-order valence-corrected chi connectivity index (χ0v) is 19.3. The van der Waals surface area contributed by atoms with Crippen LogP contribution < -0.4 is 5.32 Å². The molecule has 0 saturated carbocycles. The number of carbonyl (C=O) groups is 1. The molecule has 1 amide bonds. The molecule has 1 N–H and O–H groups in total. The van der Waals surface area contributed by atoms with Gasteiger partial charge in [-0.3, -0.25) is 9.36 Å². The summed E-state index contributed by atoms with van der Waals surface area (Å²) in [7, 11) is 0. The second kappa shape index (κ2) is 9.94. The molecule has 0 atom stereocenters. The number of carbonyl (C=O) groups excluding carboxylic acids is 1. The SMILES string of the molecule is Cc1cccc(-c2nnc(SCC(=O)Nc3ccc(Cl)cc3C(F)(F)F)n2Cc2ccco2)c1. The third kappa shape index (κ3) is 5.63. The van der Waals surface area contributed by atoms with E-state index in [2.05, 4.69) is 15.5 Å². The lowest BCUT2D eigenvalue weighted by Gasteiger charge is -2.14. The normalized spacial score (nSPS) is 11.6. The maximum absolute atomic E-state index is 13.3. The fourth-order valence-corrected chi connectivity index (χ4v) is 4.18. The molecule has 2 aromatic heterocycles. The van der Waals surface area contributed by atoms with Crippen molar-refractivity contribution in [1.82, 2.24) is 14.8 Å². The molecule has 0 bridgehead atoms. The molecule has 0 fully saturated rings. The van der Waals surface area contributed by atoms with E-state index in [4.69, 9.17) is 16.0 Å². The number of thioether (sulfide) groups is 1. The monoisotopic (exact) mass is 506 g/mol. The topological polar surface area (TPSA) is 73.0 Å². The van der Waals surface area contributed by atoms with Crippen molar-refractivity contribution in [2.45, 2.75) is 24.8 Å². The van der Waals surface area contributed by atoms with Gasteiger partial charge in [0, 0.05) is 10.6 Å². The minimum Gasteiger partial charge on any atom is -0.467 e. The molecule has 0 aliphatic rings. The summed E-state index contributed by atoms with van der Waals surface area (Å²) in [6, 6.07) is 14.5. The first kappa shape index (κ1) is 23.9. The molecule has 0 aliphatic carbocycles. The maximum Gasteiger partial charge on any atom is 0.418 e. The number of alkyl halides is 3. The van der Waals surface area contributed by atoms with Gasteiger partial charge >= 0.3 is 6.18 Å². The van der Waals surface area contributed by atoms with Gasteiger partial charge in [-0.25, -0.2) is 0 Å². The van der Waals surface area contributed by atoms with E-state index in [1.165, 1.54) is 6.07 Å². The van der Waals surface area contributed by atoms with Crippen LogP contribution in [0.15, 0.2) is 70.4 Å². The van der Waals surface area contributed by atoms with Crippen molar-refractivity contribution >= 4 is 35.0 Å². The number of aryl methyl sites for hydroxylation is 1. The Balaban J connectivity index is 1.55. The molecular formula is C23H18ClF3N4O2S. The van der Waals surface area contributed by atoms with Gasteiger partial charge in [-0.15, -0.1) is 10.2 Å². The van der Waals surface area contributed by atoms with E-state index in [-0.39, 0.29) is 16.5 Å². The second-order valence-corrected chi connectivity index (χ2v) is 8.74. The molecule has 2 aromatic carbocycles. The largest absolute Gasteiger partial charge is 0.467 e. The molecule has 0 spiro atoms.